The molecule has 0 aromatic heterocycles. The Bertz CT molecular complexity index is 1030. The standard InChI is InChI=1S/C19H19N3O5S/c1-2-13-3-5-14(6-4-13)20-17-11-28(26,27)12-18(17)21(19(20)23)15-7-9-16(10-8-15)22(24)25/h3-10,17-18H,2,11-12H2,1H3/t17-,18+/m0/s1. The molecule has 0 unspecified atom stereocenters. The summed E-state index contributed by atoms with van der Waals surface area (Å²) in [6.45, 7) is 2.03. The number of anilines is 2. The zero-order valence-electron chi connectivity index (χ0n) is 15.2. The molecule has 146 valence electrons. The Hall–Kier alpha value is -2.94. The van der Waals surface area contributed by atoms with E-state index in [1.807, 2.05) is 31.2 Å². The quantitative estimate of drug-likeness (QED) is 0.445. The van der Waals surface area contributed by atoms with E-state index in [0.29, 0.717) is 11.4 Å². The number of amides is 2. The molecule has 0 aliphatic carbocycles. The van der Waals surface area contributed by atoms with Crippen LogP contribution in [0.5, 0.6) is 0 Å². The first kappa shape index (κ1) is 18.4. The maximum absolute atomic E-state index is 13.2. The van der Waals surface area contributed by atoms with Gasteiger partial charge in [0.25, 0.3) is 5.69 Å². The van der Waals surface area contributed by atoms with Crippen LogP contribution in [-0.2, 0) is 16.3 Å². The number of hydrogen-bond donors (Lipinski definition) is 0. The van der Waals surface area contributed by atoms with Crippen molar-refractivity contribution in [2.24, 2.45) is 0 Å². The fraction of sp³-hybridized carbons (Fsp3) is 0.316. The summed E-state index contributed by atoms with van der Waals surface area (Å²) in [5.41, 5.74) is 2.14. The van der Waals surface area contributed by atoms with Gasteiger partial charge in [-0.25, -0.2) is 13.2 Å². The summed E-state index contributed by atoms with van der Waals surface area (Å²) >= 11 is 0. The van der Waals surface area contributed by atoms with Crippen LogP contribution in [0.2, 0.25) is 0 Å². The molecule has 2 aliphatic heterocycles. The summed E-state index contributed by atoms with van der Waals surface area (Å²) in [5, 5.41) is 10.9. The zero-order chi connectivity index (χ0) is 20.1. The highest BCUT2D eigenvalue weighted by atomic mass is 32.2. The lowest BCUT2D eigenvalue weighted by Crippen LogP contribution is -2.37. The van der Waals surface area contributed by atoms with Crippen LogP contribution in [0.4, 0.5) is 21.9 Å². The molecule has 2 fully saturated rings. The van der Waals surface area contributed by atoms with Gasteiger partial charge in [-0.05, 0) is 36.2 Å². The molecule has 0 radical (unpaired) electrons. The Kier molecular flexibility index (Phi) is 4.34. The topological polar surface area (TPSA) is 101 Å². The average Bonchev–Trinajstić information content (AvgIpc) is 3.10. The van der Waals surface area contributed by atoms with Crippen LogP contribution in [0.15, 0.2) is 48.5 Å². The van der Waals surface area contributed by atoms with Gasteiger partial charge in [0.1, 0.15) is 0 Å². The molecule has 0 saturated carbocycles. The number of sulfone groups is 1. The predicted octanol–water partition coefficient (Wildman–Crippen LogP) is 2.77. The first-order valence-electron chi connectivity index (χ1n) is 8.97. The van der Waals surface area contributed by atoms with Crippen LogP contribution < -0.4 is 9.80 Å². The van der Waals surface area contributed by atoms with E-state index in [0.717, 1.165) is 12.0 Å². The summed E-state index contributed by atoms with van der Waals surface area (Å²) in [6, 6.07) is 11.8. The molecule has 2 aromatic rings. The Balaban J connectivity index is 1.74. The number of nitrogens with zero attached hydrogens (tertiary/aromatic N) is 3. The molecule has 0 spiro atoms. The van der Waals surface area contributed by atoms with Crippen molar-refractivity contribution in [3.8, 4) is 0 Å². The van der Waals surface area contributed by atoms with Crippen molar-refractivity contribution in [2.75, 3.05) is 21.3 Å². The van der Waals surface area contributed by atoms with Crippen molar-refractivity contribution in [1.82, 2.24) is 0 Å². The minimum atomic E-state index is -3.29. The van der Waals surface area contributed by atoms with E-state index in [9.17, 15) is 23.3 Å². The molecule has 8 nitrogen and oxygen atoms in total. The fourth-order valence-electron chi connectivity index (χ4n) is 3.93. The third kappa shape index (κ3) is 3.01. The second kappa shape index (κ2) is 6.59. The second-order valence-electron chi connectivity index (χ2n) is 7.03. The molecule has 2 aliphatic rings. The molecule has 2 atom stereocenters. The number of fused-ring (bicyclic) bond motifs is 1. The third-order valence-corrected chi connectivity index (χ3v) is 7.03. The van der Waals surface area contributed by atoms with Crippen molar-refractivity contribution in [3.63, 3.8) is 0 Å². The number of aryl methyl sites for hydroxylation is 1. The van der Waals surface area contributed by atoms with E-state index in [1.165, 1.54) is 34.1 Å². The predicted molar refractivity (Wildman–Crippen MR) is 106 cm³/mol. The lowest BCUT2D eigenvalue weighted by Gasteiger charge is -2.22. The number of hydrogen-bond acceptors (Lipinski definition) is 5. The highest BCUT2D eigenvalue weighted by Crippen LogP contribution is 2.38. The van der Waals surface area contributed by atoms with Crippen LogP contribution >= 0.6 is 0 Å². The fourth-order valence-corrected chi connectivity index (χ4v) is 5.85. The van der Waals surface area contributed by atoms with Gasteiger partial charge < -0.3 is 0 Å². The molecule has 2 heterocycles. The van der Waals surface area contributed by atoms with Gasteiger partial charge in [0.2, 0.25) is 0 Å². The van der Waals surface area contributed by atoms with Crippen LogP contribution in [0, 0.1) is 10.1 Å². The van der Waals surface area contributed by atoms with Gasteiger partial charge in [0.05, 0.1) is 28.5 Å². The SMILES string of the molecule is CCc1ccc(N2C(=O)N(c3ccc([N+](=O)[O-])cc3)[C@@H]3CS(=O)(=O)C[C@@H]32)cc1. The Morgan fingerprint density at radius 2 is 1.43 bits per heavy atom. The number of non-ortho nitro benzene ring substituents is 1. The molecule has 0 bridgehead atoms. The lowest BCUT2D eigenvalue weighted by atomic mass is 10.1. The third-order valence-electron chi connectivity index (χ3n) is 5.33. The summed E-state index contributed by atoms with van der Waals surface area (Å²) in [6.07, 6.45) is 0.865. The molecular formula is C19H19N3O5S. The number of carbonyl (C=O) groups is 1. The van der Waals surface area contributed by atoms with Crippen molar-refractivity contribution >= 4 is 32.9 Å². The van der Waals surface area contributed by atoms with Gasteiger partial charge >= 0.3 is 6.03 Å². The molecule has 9 heteroatoms. The molecule has 2 amide bonds. The number of nitro benzene ring substituents is 1. The van der Waals surface area contributed by atoms with Crippen molar-refractivity contribution < 1.29 is 18.1 Å². The van der Waals surface area contributed by atoms with Crippen LogP contribution in [-0.4, -0.2) is 43.0 Å². The van der Waals surface area contributed by atoms with E-state index in [4.69, 9.17) is 0 Å². The summed E-state index contributed by atoms with van der Waals surface area (Å²) < 4.78 is 24.6. The zero-order valence-corrected chi connectivity index (χ0v) is 16.0. The Morgan fingerprint density at radius 3 is 1.86 bits per heavy atom. The largest absolute Gasteiger partial charge is 0.329 e. The highest BCUT2D eigenvalue weighted by Gasteiger charge is 2.54. The summed E-state index contributed by atoms with van der Waals surface area (Å²) in [7, 11) is -3.29. The smallest absolute Gasteiger partial charge is 0.288 e. The minimum Gasteiger partial charge on any atom is -0.288 e. The monoisotopic (exact) mass is 401 g/mol. The Morgan fingerprint density at radius 1 is 0.964 bits per heavy atom. The Labute approximate surface area is 162 Å². The van der Waals surface area contributed by atoms with Gasteiger partial charge in [-0.2, -0.15) is 0 Å². The number of benzene rings is 2. The van der Waals surface area contributed by atoms with Gasteiger partial charge in [0.15, 0.2) is 9.84 Å². The van der Waals surface area contributed by atoms with Crippen molar-refractivity contribution in [1.29, 1.82) is 0 Å². The molecule has 0 N–H and O–H groups in total. The van der Waals surface area contributed by atoms with Crippen LogP contribution in [0.1, 0.15) is 12.5 Å². The molecule has 2 aromatic carbocycles. The molecule has 2 saturated heterocycles. The number of urea groups is 1. The van der Waals surface area contributed by atoms with E-state index in [2.05, 4.69) is 0 Å². The number of rotatable bonds is 4. The van der Waals surface area contributed by atoms with Crippen molar-refractivity contribution in [3.05, 3.63) is 64.2 Å². The van der Waals surface area contributed by atoms with E-state index < -0.39 is 26.8 Å². The number of nitro groups is 1. The second-order valence-corrected chi connectivity index (χ2v) is 9.18. The summed E-state index contributed by atoms with van der Waals surface area (Å²) in [4.78, 5) is 26.6. The van der Waals surface area contributed by atoms with E-state index in [-0.39, 0.29) is 23.2 Å². The van der Waals surface area contributed by atoms with Crippen LogP contribution in [0.3, 0.4) is 0 Å². The lowest BCUT2D eigenvalue weighted by molar-refractivity contribution is -0.384. The first-order chi connectivity index (χ1) is 13.3. The highest BCUT2D eigenvalue weighted by molar-refractivity contribution is 7.91. The number of carbonyl (C=O) groups excluding carboxylic acids is 1. The van der Waals surface area contributed by atoms with E-state index >= 15 is 0 Å². The van der Waals surface area contributed by atoms with Crippen LogP contribution in [0.25, 0.3) is 0 Å². The first-order valence-corrected chi connectivity index (χ1v) is 10.8. The van der Waals surface area contributed by atoms with Gasteiger partial charge in [-0.15, -0.1) is 0 Å². The van der Waals surface area contributed by atoms with Gasteiger partial charge in [0, 0.05) is 23.5 Å². The van der Waals surface area contributed by atoms with E-state index in [1.54, 1.807) is 0 Å². The minimum absolute atomic E-state index is 0.0852. The van der Waals surface area contributed by atoms with Crippen molar-refractivity contribution in [2.45, 2.75) is 25.4 Å². The normalized spacial score (nSPS) is 23.1. The maximum Gasteiger partial charge on any atom is 0.329 e. The van der Waals surface area contributed by atoms with Gasteiger partial charge in [-0.3, -0.25) is 19.9 Å². The average molecular weight is 401 g/mol. The molecule has 4 rings (SSSR count). The summed E-state index contributed by atoms with van der Waals surface area (Å²) in [5.74, 6) is -0.216. The molecule has 28 heavy (non-hydrogen) atoms. The maximum atomic E-state index is 13.2. The molecular weight excluding hydrogens is 382 g/mol. The van der Waals surface area contributed by atoms with Gasteiger partial charge in [-0.1, -0.05) is 19.1 Å².